The number of aryl methyl sites for hydroxylation is 1. The van der Waals surface area contributed by atoms with Crippen LogP contribution in [-0.2, 0) is 21.3 Å². The standard InChI is InChI=1S/C31H57N3O5S/c1-6-7-8-9-10-11-12-13-14-15-16-17-18-19-20-21-22-32-30(35)38-23-28(37-5)24-39-31(36)33-26(2)29-27(3)34(4)25-40-29/h25-26,28H,6-24H2,1-5H3,(H-,32,33,35,36)/p+1. The molecule has 8 nitrogen and oxygen atoms in total. The van der Waals surface area contributed by atoms with E-state index >= 15 is 0 Å². The van der Waals surface area contributed by atoms with Gasteiger partial charge < -0.3 is 24.8 Å². The van der Waals surface area contributed by atoms with Crippen LogP contribution in [-0.4, -0.2) is 45.2 Å². The number of hydrogen-bond donors (Lipinski definition) is 2. The summed E-state index contributed by atoms with van der Waals surface area (Å²) in [6, 6.07) is -0.161. The van der Waals surface area contributed by atoms with Crippen LogP contribution in [0.25, 0.3) is 0 Å². The van der Waals surface area contributed by atoms with Crippen LogP contribution >= 0.6 is 11.3 Å². The zero-order valence-corrected chi connectivity index (χ0v) is 26.9. The summed E-state index contributed by atoms with van der Waals surface area (Å²) < 4.78 is 17.8. The highest BCUT2D eigenvalue weighted by atomic mass is 32.1. The Hall–Kier alpha value is -1.87. The number of thiazole rings is 1. The van der Waals surface area contributed by atoms with Crippen molar-refractivity contribution in [2.24, 2.45) is 7.05 Å². The molecular weight excluding hydrogens is 526 g/mol. The molecule has 0 fully saturated rings. The lowest BCUT2D eigenvalue weighted by Gasteiger charge is -2.17. The Morgan fingerprint density at radius 1 is 0.825 bits per heavy atom. The number of nitrogens with zero attached hydrogens (tertiary/aromatic N) is 1. The molecule has 1 aromatic rings. The maximum atomic E-state index is 12.2. The third-order valence-electron chi connectivity index (χ3n) is 7.38. The molecule has 232 valence electrons. The minimum absolute atomic E-state index is 0.00133. The molecule has 0 saturated heterocycles. The monoisotopic (exact) mass is 584 g/mol. The Kier molecular flexibility index (Phi) is 21.5. The number of nitrogens with one attached hydrogen (secondary N) is 2. The molecule has 40 heavy (non-hydrogen) atoms. The average Bonchev–Trinajstić information content (AvgIpc) is 3.28. The first-order chi connectivity index (χ1) is 19.4. The maximum Gasteiger partial charge on any atom is 0.407 e. The summed E-state index contributed by atoms with van der Waals surface area (Å²) in [5, 5.41) is 5.62. The molecule has 0 radical (unpaired) electrons. The molecule has 0 aromatic carbocycles. The zero-order chi connectivity index (χ0) is 29.4. The van der Waals surface area contributed by atoms with Gasteiger partial charge in [-0.25, -0.2) is 9.59 Å². The van der Waals surface area contributed by atoms with Crippen molar-refractivity contribution >= 4 is 23.5 Å². The lowest BCUT2D eigenvalue weighted by Crippen LogP contribution is -2.35. The Morgan fingerprint density at radius 3 is 1.75 bits per heavy atom. The first-order valence-corrected chi connectivity index (χ1v) is 16.6. The number of carbonyl (C=O) groups excluding carboxylic acids is 2. The van der Waals surface area contributed by atoms with Crippen molar-refractivity contribution in [3.8, 4) is 0 Å². The molecule has 0 spiro atoms. The summed E-state index contributed by atoms with van der Waals surface area (Å²) in [5.74, 6) is 0. The van der Waals surface area contributed by atoms with E-state index in [4.69, 9.17) is 14.2 Å². The quantitative estimate of drug-likeness (QED) is 0.0961. The van der Waals surface area contributed by atoms with Gasteiger partial charge in [0.15, 0.2) is 5.69 Å². The van der Waals surface area contributed by atoms with Crippen molar-refractivity contribution in [2.75, 3.05) is 26.9 Å². The van der Waals surface area contributed by atoms with E-state index in [1.165, 1.54) is 97.0 Å². The number of rotatable bonds is 24. The number of carbonyl (C=O) groups is 2. The van der Waals surface area contributed by atoms with Crippen LogP contribution in [0.2, 0.25) is 0 Å². The predicted octanol–water partition coefficient (Wildman–Crippen LogP) is 7.67. The summed E-state index contributed by atoms with van der Waals surface area (Å²) in [4.78, 5) is 25.2. The Balaban J connectivity index is 1.95. The number of unbranched alkanes of at least 4 members (excludes halogenated alkanes) is 15. The Labute approximate surface area is 247 Å². The van der Waals surface area contributed by atoms with Crippen molar-refractivity contribution < 1.29 is 28.4 Å². The number of alkyl carbamates (subject to hydrolysis) is 2. The highest BCUT2D eigenvalue weighted by Crippen LogP contribution is 2.20. The van der Waals surface area contributed by atoms with E-state index in [9.17, 15) is 9.59 Å². The van der Waals surface area contributed by atoms with Crippen LogP contribution in [0.4, 0.5) is 9.59 Å². The van der Waals surface area contributed by atoms with Crippen LogP contribution in [0.1, 0.15) is 133 Å². The van der Waals surface area contributed by atoms with Gasteiger partial charge >= 0.3 is 12.2 Å². The number of methoxy groups -OCH3 is 1. The molecule has 0 aliphatic carbocycles. The van der Waals surface area contributed by atoms with E-state index in [1.54, 1.807) is 11.3 Å². The number of amides is 2. The van der Waals surface area contributed by atoms with Crippen molar-refractivity contribution in [2.45, 2.75) is 136 Å². The first-order valence-electron chi connectivity index (χ1n) is 15.7. The van der Waals surface area contributed by atoms with Crippen LogP contribution in [0.15, 0.2) is 5.51 Å². The predicted molar refractivity (Wildman–Crippen MR) is 163 cm³/mol. The first kappa shape index (κ1) is 36.2. The van der Waals surface area contributed by atoms with E-state index in [0.717, 1.165) is 23.4 Å². The Bertz CT molecular complexity index is 789. The maximum absolute atomic E-state index is 12.2. The fourth-order valence-corrected chi connectivity index (χ4v) is 5.62. The van der Waals surface area contributed by atoms with E-state index in [0.29, 0.717) is 6.54 Å². The Morgan fingerprint density at radius 2 is 1.30 bits per heavy atom. The van der Waals surface area contributed by atoms with Crippen molar-refractivity contribution in [1.82, 2.24) is 10.6 Å². The summed E-state index contributed by atoms with van der Waals surface area (Å²) in [5.41, 5.74) is 3.10. The van der Waals surface area contributed by atoms with Crippen molar-refractivity contribution in [3.63, 3.8) is 0 Å². The molecule has 2 atom stereocenters. The van der Waals surface area contributed by atoms with Crippen LogP contribution in [0, 0.1) is 6.92 Å². The van der Waals surface area contributed by atoms with Gasteiger partial charge in [-0.05, 0) is 13.3 Å². The summed E-state index contributed by atoms with van der Waals surface area (Å²) in [6.07, 6.45) is 19.7. The van der Waals surface area contributed by atoms with Gasteiger partial charge in [0.1, 0.15) is 26.4 Å². The van der Waals surface area contributed by atoms with Gasteiger partial charge in [-0.1, -0.05) is 115 Å². The van der Waals surface area contributed by atoms with E-state index in [1.807, 2.05) is 31.0 Å². The molecule has 0 bridgehead atoms. The molecule has 1 heterocycles. The molecule has 0 aliphatic rings. The highest BCUT2D eigenvalue weighted by Gasteiger charge is 2.21. The smallest absolute Gasteiger partial charge is 0.407 e. The summed E-state index contributed by atoms with van der Waals surface area (Å²) in [6.45, 7) is 6.82. The van der Waals surface area contributed by atoms with Gasteiger partial charge in [-0.2, -0.15) is 4.57 Å². The molecule has 0 saturated carbocycles. The second-order valence-electron chi connectivity index (χ2n) is 10.9. The molecule has 1 aromatic heterocycles. The number of aromatic nitrogens is 1. The summed E-state index contributed by atoms with van der Waals surface area (Å²) >= 11 is 1.59. The van der Waals surface area contributed by atoms with E-state index < -0.39 is 18.3 Å². The van der Waals surface area contributed by atoms with Crippen LogP contribution in [0.3, 0.4) is 0 Å². The minimum Gasteiger partial charge on any atom is -0.447 e. The average molecular weight is 585 g/mol. The van der Waals surface area contributed by atoms with Gasteiger partial charge in [0.05, 0.1) is 10.9 Å². The van der Waals surface area contributed by atoms with Gasteiger partial charge in [0, 0.05) is 20.6 Å². The SMILES string of the molecule is CCCCCCCCCCCCCCCCCCNC(=O)OCC(COC(=O)NC(C)c1sc[n+](C)c1C)OC. The van der Waals surface area contributed by atoms with E-state index in [-0.39, 0.29) is 19.3 Å². The van der Waals surface area contributed by atoms with Gasteiger partial charge in [-0.15, -0.1) is 0 Å². The van der Waals surface area contributed by atoms with Gasteiger partial charge in [0.25, 0.3) is 0 Å². The number of ether oxygens (including phenoxy) is 3. The molecule has 2 amide bonds. The molecule has 2 unspecified atom stereocenters. The second-order valence-corrected chi connectivity index (χ2v) is 11.8. The fourth-order valence-electron chi connectivity index (χ4n) is 4.61. The largest absolute Gasteiger partial charge is 0.447 e. The highest BCUT2D eigenvalue weighted by molar-refractivity contribution is 7.09. The third kappa shape index (κ3) is 17.7. The van der Waals surface area contributed by atoms with Gasteiger partial charge in [0.2, 0.25) is 5.51 Å². The van der Waals surface area contributed by atoms with Gasteiger partial charge in [-0.3, -0.25) is 0 Å². The topological polar surface area (TPSA) is 89.8 Å². The van der Waals surface area contributed by atoms with Crippen molar-refractivity contribution in [3.05, 3.63) is 16.1 Å². The molecule has 9 heteroatoms. The second kappa shape index (κ2) is 23.8. The molecule has 2 N–H and O–H groups in total. The zero-order valence-electron chi connectivity index (χ0n) is 26.1. The lowest BCUT2D eigenvalue weighted by atomic mass is 10.0. The molecule has 0 aliphatic heterocycles. The third-order valence-corrected chi connectivity index (χ3v) is 8.71. The lowest BCUT2D eigenvalue weighted by molar-refractivity contribution is -0.673. The molecular formula is C31H58N3O5S+. The van der Waals surface area contributed by atoms with Crippen molar-refractivity contribution in [1.29, 1.82) is 0 Å². The van der Waals surface area contributed by atoms with Crippen LogP contribution < -0.4 is 15.2 Å². The molecule has 1 rings (SSSR count). The van der Waals surface area contributed by atoms with Crippen LogP contribution in [0.5, 0.6) is 0 Å². The normalized spacial score (nSPS) is 12.6. The van der Waals surface area contributed by atoms with E-state index in [2.05, 4.69) is 17.6 Å². The number of hydrogen-bond acceptors (Lipinski definition) is 6. The summed E-state index contributed by atoms with van der Waals surface area (Å²) in [7, 11) is 3.47. The minimum atomic E-state index is -0.530. The fraction of sp³-hybridized carbons (Fsp3) is 0.839.